The van der Waals surface area contributed by atoms with Crippen molar-refractivity contribution in [3.63, 3.8) is 0 Å². The minimum atomic E-state index is -0.487. The fourth-order valence-corrected chi connectivity index (χ4v) is 1.21. The second kappa shape index (κ2) is 26.7. The van der Waals surface area contributed by atoms with E-state index >= 15 is 0 Å². The van der Waals surface area contributed by atoms with Crippen molar-refractivity contribution in [2.24, 2.45) is 0 Å². The Morgan fingerprint density at radius 1 is 1.12 bits per heavy atom. The van der Waals surface area contributed by atoms with Crippen molar-refractivity contribution in [1.29, 1.82) is 0 Å². The first-order valence-electron chi connectivity index (χ1n) is 8.37. The van der Waals surface area contributed by atoms with Gasteiger partial charge in [0.15, 0.2) is 0 Å². The van der Waals surface area contributed by atoms with Crippen LogP contribution in [0.1, 0.15) is 33.6 Å². The number of aromatic nitrogens is 1. The first-order valence-corrected chi connectivity index (χ1v) is 8.37. The van der Waals surface area contributed by atoms with Crippen LogP contribution in [0, 0.1) is 0 Å². The van der Waals surface area contributed by atoms with Gasteiger partial charge in [-0.15, -0.1) is 0 Å². The molecule has 0 bridgehead atoms. The van der Waals surface area contributed by atoms with Crippen LogP contribution in [0.3, 0.4) is 0 Å². The number of rotatable bonds is 8. The standard InChI is InChI=1S/C12H20N2O2.2C2H6O.C2H6/c1-2-3-8-16-10-11(15)9-14-12-6-4-5-7-13-12;2*1-3-2;1-2/h4-7,11,15H,2-3,8-10H2,1H3,(H,13,14);2*1-2H3;1-2H3. The van der Waals surface area contributed by atoms with Gasteiger partial charge in [0.25, 0.3) is 0 Å². The van der Waals surface area contributed by atoms with Crippen molar-refractivity contribution in [3.05, 3.63) is 24.4 Å². The molecule has 1 aromatic rings. The molecule has 1 unspecified atom stereocenters. The Morgan fingerprint density at radius 3 is 2.17 bits per heavy atom. The molecule has 0 fully saturated rings. The summed E-state index contributed by atoms with van der Waals surface area (Å²) in [7, 11) is 6.50. The summed E-state index contributed by atoms with van der Waals surface area (Å²) in [5, 5.41) is 12.6. The summed E-state index contributed by atoms with van der Waals surface area (Å²) < 4.78 is 13.8. The molecule has 0 spiro atoms. The molecule has 0 aliphatic heterocycles. The number of anilines is 1. The van der Waals surface area contributed by atoms with Gasteiger partial charge in [0, 0.05) is 47.8 Å². The summed E-state index contributed by atoms with van der Waals surface area (Å²) in [5.74, 6) is 0.773. The van der Waals surface area contributed by atoms with E-state index < -0.39 is 6.10 Å². The van der Waals surface area contributed by atoms with Gasteiger partial charge >= 0.3 is 0 Å². The maximum Gasteiger partial charge on any atom is 0.125 e. The average molecular weight is 347 g/mol. The summed E-state index contributed by atoms with van der Waals surface area (Å²) in [6.45, 7) is 7.67. The number of pyridine rings is 1. The highest BCUT2D eigenvalue weighted by Crippen LogP contribution is 2.00. The number of methoxy groups -OCH3 is 2. The Bertz CT molecular complexity index is 298. The van der Waals surface area contributed by atoms with Crippen LogP contribution in [0.4, 0.5) is 5.82 Å². The van der Waals surface area contributed by atoms with Gasteiger partial charge in [-0.1, -0.05) is 33.3 Å². The molecule has 24 heavy (non-hydrogen) atoms. The van der Waals surface area contributed by atoms with E-state index in [4.69, 9.17) is 4.74 Å². The Morgan fingerprint density at radius 2 is 1.71 bits per heavy atom. The van der Waals surface area contributed by atoms with E-state index in [2.05, 4.69) is 26.7 Å². The van der Waals surface area contributed by atoms with E-state index in [0.717, 1.165) is 25.3 Å². The third kappa shape index (κ3) is 25.7. The molecule has 0 amide bonds. The summed E-state index contributed by atoms with van der Waals surface area (Å²) in [4.78, 5) is 4.10. The molecule has 1 rings (SSSR count). The van der Waals surface area contributed by atoms with Crippen molar-refractivity contribution in [2.45, 2.75) is 39.7 Å². The Kier molecular flexibility index (Phi) is 30.7. The molecule has 0 saturated heterocycles. The third-order valence-electron chi connectivity index (χ3n) is 2.14. The van der Waals surface area contributed by atoms with Gasteiger partial charge in [-0.3, -0.25) is 0 Å². The van der Waals surface area contributed by atoms with Crippen LogP contribution in [0.25, 0.3) is 0 Å². The second-order valence-electron chi connectivity index (χ2n) is 4.49. The van der Waals surface area contributed by atoms with Crippen LogP contribution in [0.2, 0.25) is 0 Å². The molecule has 6 heteroatoms. The molecule has 1 atom stereocenters. The molecule has 6 nitrogen and oxygen atoms in total. The lowest BCUT2D eigenvalue weighted by molar-refractivity contribution is 0.0421. The normalized spacial score (nSPS) is 10.0. The van der Waals surface area contributed by atoms with Crippen LogP contribution in [0.5, 0.6) is 0 Å². The average Bonchev–Trinajstić information content (AvgIpc) is 2.61. The highest BCUT2D eigenvalue weighted by atomic mass is 16.5. The maximum atomic E-state index is 9.59. The molecule has 1 heterocycles. The molecule has 0 aliphatic rings. The van der Waals surface area contributed by atoms with Gasteiger partial charge in [0.2, 0.25) is 0 Å². The number of unbranched alkanes of at least 4 members (excludes halogenated alkanes) is 1. The monoisotopic (exact) mass is 346 g/mol. The number of ether oxygens (including phenoxy) is 3. The molecule has 0 saturated carbocycles. The first kappa shape index (κ1) is 27.6. The van der Waals surface area contributed by atoms with Crippen molar-refractivity contribution < 1.29 is 19.3 Å². The highest BCUT2D eigenvalue weighted by Gasteiger charge is 2.03. The van der Waals surface area contributed by atoms with Gasteiger partial charge < -0.3 is 24.6 Å². The largest absolute Gasteiger partial charge is 0.389 e. The van der Waals surface area contributed by atoms with Gasteiger partial charge in [-0.2, -0.15) is 0 Å². The van der Waals surface area contributed by atoms with Crippen LogP contribution < -0.4 is 5.32 Å². The molecule has 1 aromatic heterocycles. The van der Waals surface area contributed by atoms with E-state index in [1.54, 1.807) is 34.6 Å². The number of aliphatic hydroxyl groups is 1. The van der Waals surface area contributed by atoms with E-state index in [0.29, 0.717) is 13.2 Å². The number of nitrogens with one attached hydrogen (secondary N) is 1. The number of aliphatic hydroxyl groups excluding tert-OH is 1. The van der Waals surface area contributed by atoms with Crippen molar-refractivity contribution in [1.82, 2.24) is 4.98 Å². The topological polar surface area (TPSA) is 72.8 Å². The molecular formula is C18H38N2O4. The fourth-order valence-electron chi connectivity index (χ4n) is 1.21. The van der Waals surface area contributed by atoms with Crippen LogP contribution in [-0.4, -0.2) is 64.4 Å². The van der Waals surface area contributed by atoms with Crippen LogP contribution in [0.15, 0.2) is 24.4 Å². The van der Waals surface area contributed by atoms with Gasteiger partial charge in [-0.05, 0) is 18.6 Å². The van der Waals surface area contributed by atoms with Gasteiger partial charge in [-0.25, -0.2) is 4.98 Å². The molecular weight excluding hydrogens is 308 g/mol. The lowest BCUT2D eigenvalue weighted by atomic mass is 10.3. The predicted octanol–water partition coefficient (Wildman–Crippen LogP) is 3.22. The van der Waals surface area contributed by atoms with Gasteiger partial charge in [0.1, 0.15) is 5.82 Å². The zero-order chi connectivity index (χ0) is 19.1. The van der Waals surface area contributed by atoms with E-state index in [9.17, 15) is 5.11 Å². The molecule has 144 valence electrons. The number of hydrogen-bond donors (Lipinski definition) is 2. The minimum Gasteiger partial charge on any atom is -0.389 e. The summed E-state index contributed by atoms with van der Waals surface area (Å²) in [6, 6.07) is 5.62. The first-order chi connectivity index (χ1) is 11.7. The summed E-state index contributed by atoms with van der Waals surface area (Å²) in [5.41, 5.74) is 0. The fraction of sp³-hybridized carbons (Fsp3) is 0.722. The minimum absolute atomic E-state index is 0.375. The number of hydrogen-bond acceptors (Lipinski definition) is 6. The quantitative estimate of drug-likeness (QED) is 0.704. The molecule has 0 aromatic carbocycles. The second-order valence-corrected chi connectivity index (χ2v) is 4.49. The lowest BCUT2D eigenvalue weighted by Gasteiger charge is -2.12. The van der Waals surface area contributed by atoms with Crippen molar-refractivity contribution in [3.8, 4) is 0 Å². The zero-order valence-electron chi connectivity index (χ0n) is 16.5. The Hall–Kier alpha value is -1.21. The molecule has 2 N–H and O–H groups in total. The SMILES string of the molecule is CC.CCCCOCC(O)CNc1ccccn1.COC.COC. The highest BCUT2D eigenvalue weighted by molar-refractivity contribution is 5.33. The van der Waals surface area contributed by atoms with E-state index in [1.165, 1.54) is 0 Å². The third-order valence-corrected chi connectivity index (χ3v) is 2.14. The Labute approximate surface area is 148 Å². The van der Waals surface area contributed by atoms with Crippen molar-refractivity contribution in [2.75, 3.05) is 53.5 Å². The summed E-state index contributed by atoms with van der Waals surface area (Å²) in [6.07, 6.45) is 3.38. The van der Waals surface area contributed by atoms with Crippen LogP contribution >= 0.6 is 0 Å². The van der Waals surface area contributed by atoms with E-state index in [1.807, 2.05) is 32.0 Å². The Balaban J connectivity index is -0.000000470. The zero-order valence-corrected chi connectivity index (χ0v) is 16.5. The lowest BCUT2D eigenvalue weighted by Crippen LogP contribution is -2.25. The van der Waals surface area contributed by atoms with Crippen LogP contribution in [-0.2, 0) is 14.2 Å². The smallest absolute Gasteiger partial charge is 0.125 e. The maximum absolute atomic E-state index is 9.59. The van der Waals surface area contributed by atoms with E-state index in [-0.39, 0.29) is 0 Å². The molecule has 0 radical (unpaired) electrons. The number of nitrogens with zero attached hydrogens (tertiary/aromatic N) is 1. The van der Waals surface area contributed by atoms with Gasteiger partial charge in [0.05, 0.1) is 12.7 Å². The molecule has 0 aliphatic carbocycles. The predicted molar refractivity (Wildman–Crippen MR) is 102 cm³/mol. The van der Waals surface area contributed by atoms with Crippen molar-refractivity contribution >= 4 is 5.82 Å². The summed E-state index contributed by atoms with van der Waals surface area (Å²) >= 11 is 0.